The Kier molecular flexibility index (Phi) is 5.48. The Morgan fingerprint density at radius 2 is 1.79 bits per heavy atom. The van der Waals surface area contributed by atoms with E-state index in [0.29, 0.717) is 17.9 Å². The quantitative estimate of drug-likeness (QED) is 0.654. The van der Waals surface area contributed by atoms with Crippen molar-refractivity contribution in [1.82, 2.24) is 0 Å². The van der Waals surface area contributed by atoms with Crippen molar-refractivity contribution in [3.63, 3.8) is 0 Å². The standard InChI is InChI=1S/C21H21NO6S/c1-4-22(16-9-7-6-8-14(16)21(24)25)17-11-13(3)10-15-18(23)12-19(28-20(15)17)29(26,27)5-2/h6-12H,4-5H2,1-3H3,(H,24,25). The van der Waals surface area contributed by atoms with E-state index in [1.54, 1.807) is 42.2 Å². The van der Waals surface area contributed by atoms with Gasteiger partial charge in [-0.3, -0.25) is 4.79 Å². The Morgan fingerprint density at radius 3 is 2.41 bits per heavy atom. The van der Waals surface area contributed by atoms with Crippen LogP contribution in [0.2, 0.25) is 0 Å². The third-order valence-corrected chi connectivity index (χ3v) is 6.22. The molecule has 2 aromatic carbocycles. The van der Waals surface area contributed by atoms with Crippen LogP contribution in [-0.4, -0.2) is 31.8 Å². The highest BCUT2D eigenvalue weighted by atomic mass is 32.2. The number of aryl methyl sites for hydroxylation is 1. The van der Waals surface area contributed by atoms with Crippen molar-refractivity contribution in [2.24, 2.45) is 0 Å². The number of carboxylic acids is 1. The summed E-state index contributed by atoms with van der Waals surface area (Å²) in [6, 6.07) is 10.9. The summed E-state index contributed by atoms with van der Waals surface area (Å²) in [6.45, 7) is 5.47. The number of aromatic carboxylic acids is 1. The van der Waals surface area contributed by atoms with E-state index in [1.165, 1.54) is 13.0 Å². The van der Waals surface area contributed by atoms with Gasteiger partial charge in [0.1, 0.15) is 0 Å². The summed E-state index contributed by atoms with van der Waals surface area (Å²) in [6.07, 6.45) is 0. The molecule has 0 saturated heterocycles. The van der Waals surface area contributed by atoms with Crippen LogP contribution in [0.3, 0.4) is 0 Å². The molecule has 152 valence electrons. The minimum atomic E-state index is -3.74. The maximum atomic E-state index is 12.7. The first-order valence-corrected chi connectivity index (χ1v) is 10.8. The molecule has 0 aliphatic heterocycles. The maximum absolute atomic E-state index is 12.7. The molecule has 0 aliphatic rings. The number of fused-ring (bicyclic) bond motifs is 1. The van der Waals surface area contributed by atoms with Gasteiger partial charge in [-0.15, -0.1) is 0 Å². The first-order valence-electron chi connectivity index (χ1n) is 9.10. The van der Waals surface area contributed by atoms with Gasteiger partial charge >= 0.3 is 5.97 Å². The average molecular weight is 415 g/mol. The van der Waals surface area contributed by atoms with Crippen molar-refractivity contribution < 1.29 is 22.7 Å². The number of para-hydroxylation sites is 1. The lowest BCUT2D eigenvalue weighted by molar-refractivity contribution is 0.0697. The van der Waals surface area contributed by atoms with Crippen LogP contribution < -0.4 is 10.3 Å². The number of sulfone groups is 1. The van der Waals surface area contributed by atoms with Gasteiger partial charge in [0.2, 0.25) is 14.9 Å². The van der Waals surface area contributed by atoms with Crippen LogP contribution in [0.15, 0.2) is 56.8 Å². The van der Waals surface area contributed by atoms with Crippen molar-refractivity contribution in [3.05, 3.63) is 63.8 Å². The van der Waals surface area contributed by atoms with Crippen molar-refractivity contribution >= 4 is 38.2 Å². The molecular formula is C21H21NO6S. The van der Waals surface area contributed by atoms with Crippen molar-refractivity contribution in [3.8, 4) is 0 Å². The zero-order valence-electron chi connectivity index (χ0n) is 16.3. The Labute approximate surface area is 168 Å². The molecule has 1 heterocycles. The Balaban J connectivity index is 2.39. The van der Waals surface area contributed by atoms with Crippen LogP contribution in [0.5, 0.6) is 0 Å². The van der Waals surface area contributed by atoms with E-state index in [-0.39, 0.29) is 22.3 Å². The van der Waals surface area contributed by atoms with Crippen LogP contribution >= 0.6 is 0 Å². The third kappa shape index (κ3) is 3.75. The maximum Gasteiger partial charge on any atom is 0.337 e. The lowest BCUT2D eigenvalue weighted by Gasteiger charge is -2.26. The second-order valence-electron chi connectivity index (χ2n) is 6.56. The summed E-state index contributed by atoms with van der Waals surface area (Å²) < 4.78 is 30.3. The van der Waals surface area contributed by atoms with E-state index in [9.17, 15) is 23.1 Å². The van der Waals surface area contributed by atoms with E-state index in [0.717, 1.165) is 11.6 Å². The molecule has 0 aliphatic carbocycles. The molecular weight excluding hydrogens is 394 g/mol. The molecule has 0 fully saturated rings. The number of rotatable bonds is 6. The Bertz CT molecular complexity index is 1260. The Morgan fingerprint density at radius 1 is 1.10 bits per heavy atom. The fraction of sp³-hybridized carbons (Fsp3) is 0.238. The number of anilines is 2. The fourth-order valence-electron chi connectivity index (χ4n) is 3.22. The molecule has 1 aromatic heterocycles. The summed E-state index contributed by atoms with van der Waals surface area (Å²) in [4.78, 5) is 26.1. The zero-order valence-corrected chi connectivity index (χ0v) is 17.1. The highest BCUT2D eigenvalue weighted by Crippen LogP contribution is 2.35. The highest BCUT2D eigenvalue weighted by Gasteiger charge is 2.23. The number of hydrogen-bond acceptors (Lipinski definition) is 6. The lowest BCUT2D eigenvalue weighted by Crippen LogP contribution is -2.20. The molecule has 0 bridgehead atoms. The van der Waals surface area contributed by atoms with Crippen molar-refractivity contribution in [2.45, 2.75) is 25.9 Å². The van der Waals surface area contributed by atoms with Crippen LogP contribution in [-0.2, 0) is 9.84 Å². The van der Waals surface area contributed by atoms with E-state index < -0.39 is 26.3 Å². The summed E-state index contributed by atoms with van der Waals surface area (Å²) in [5.41, 5.74) is 1.34. The molecule has 8 heteroatoms. The number of hydrogen-bond donors (Lipinski definition) is 1. The average Bonchev–Trinajstić information content (AvgIpc) is 2.69. The molecule has 0 atom stereocenters. The lowest BCUT2D eigenvalue weighted by atomic mass is 10.1. The number of nitrogens with zero attached hydrogens (tertiary/aromatic N) is 1. The molecule has 7 nitrogen and oxygen atoms in total. The summed E-state index contributed by atoms with van der Waals surface area (Å²) >= 11 is 0. The first kappa shape index (κ1) is 20.6. The van der Waals surface area contributed by atoms with Crippen LogP contribution in [0.4, 0.5) is 11.4 Å². The molecule has 3 rings (SSSR count). The molecule has 0 amide bonds. The largest absolute Gasteiger partial charge is 0.478 e. The monoisotopic (exact) mass is 415 g/mol. The Hall–Kier alpha value is -3.13. The molecule has 0 spiro atoms. The topological polar surface area (TPSA) is 105 Å². The minimum Gasteiger partial charge on any atom is -0.478 e. The predicted molar refractivity (Wildman–Crippen MR) is 111 cm³/mol. The first-order chi connectivity index (χ1) is 13.7. The molecule has 0 saturated carbocycles. The summed E-state index contributed by atoms with van der Waals surface area (Å²) in [5.74, 6) is -1.30. The normalized spacial score (nSPS) is 11.6. The minimum absolute atomic E-state index is 0.0867. The van der Waals surface area contributed by atoms with Gasteiger partial charge in [0.05, 0.1) is 28.1 Å². The molecule has 29 heavy (non-hydrogen) atoms. The van der Waals surface area contributed by atoms with Crippen LogP contribution in [0.1, 0.15) is 29.8 Å². The van der Waals surface area contributed by atoms with Gasteiger partial charge in [0.15, 0.2) is 11.0 Å². The van der Waals surface area contributed by atoms with Crippen molar-refractivity contribution in [2.75, 3.05) is 17.2 Å². The van der Waals surface area contributed by atoms with Gasteiger partial charge in [-0.25, -0.2) is 13.2 Å². The zero-order chi connectivity index (χ0) is 21.3. The van der Waals surface area contributed by atoms with Gasteiger partial charge < -0.3 is 14.4 Å². The van der Waals surface area contributed by atoms with Crippen LogP contribution in [0.25, 0.3) is 11.0 Å². The van der Waals surface area contributed by atoms with Crippen LogP contribution in [0, 0.1) is 6.92 Å². The molecule has 1 N–H and O–H groups in total. The SMILES string of the molecule is CCN(c1ccccc1C(=O)O)c1cc(C)cc2c(=O)cc(S(=O)(=O)CC)oc12. The smallest absolute Gasteiger partial charge is 0.337 e. The second-order valence-corrected chi connectivity index (χ2v) is 8.77. The molecule has 0 radical (unpaired) electrons. The summed E-state index contributed by atoms with van der Waals surface area (Å²) in [5, 5.41) is 9.41. The van der Waals surface area contributed by atoms with Crippen molar-refractivity contribution in [1.29, 1.82) is 0 Å². The van der Waals surface area contributed by atoms with E-state index in [1.807, 2.05) is 6.92 Å². The van der Waals surface area contributed by atoms with E-state index >= 15 is 0 Å². The molecule has 3 aromatic rings. The van der Waals surface area contributed by atoms with Gasteiger partial charge in [-0.05, 0) is 43.7 Å². The number of carboxylic acid groups (broad SMARTS) is 1. The number of benzene rings is 2. The van der Waals surface area contributed by atoms with Gasteiger partial charge in [-0.1, -0.05) is 19.1 Å². The van der Waals surface area contributed by atoms with Gasteiger partial charge in [-0.2, -0.15) is 0 Å². The van der Waals surface area contributed by atoms with Gasteiger partial charge in [0.25, 0.3) is 0 Å². The van der Waals surface area contributed by atoms with E-state index in [2.05, 4.69) is 0 Å². The molecule has 0 unspecified atom stereocenters. The highest BCUT2D eigenvalue weighted by molar-refractivity contribution is 7.91. The third-order valence-electron chi connectivity index (χ3n) is 4.65. The number of carbonyl (C=O) groups is 1. The second kappa shape index (κ2) is 7.71. The van der Waals surface area contributed by atoms with E-state index in [4.69, 9.17) is 4.42 Å². The predicted octanol–water partition coefficient (Wildman–Crippen LogP) is 3.75. The summed E-state index contributed by atoms with van der Waals surface area (Å²) in [7, 11) is -3.74. The fourth-order valence-corrected chi connectivity index (χ4v) is 4.00. The van der Waals surface area contributed by atoms with Gasteiger partial charge in [0, 0.05) is 12.6 Å².